The summed E-state index contributed by atoms with van der Waals surface area (Å²) in [7, 11) is 0. The van der Waals surface area contributed by atoms with Crippen molar-refractivity contribution in [2.45, 2.75) is 13.8 Å². The van der Waals surface area contributed by atoms with Crippen LogP contribution >= 0.6 is 12.2 Å². The van der Waals surface area contributed by atoms with Crippen molar-refractivity contribution in [3.63, 3.8) is 0 Å². The molecule has 0 aromatic heterocycles. The summed E-state index contributed by atoms with van der Waals surface area (Å²) in [6.07, 6.45) is 7.78. The average molecular weight is 235 g/mol. The summed E-state index contributed by atoms with van der Waals surface area (Å²) in [5.74, 6) is 0.528. The number of thiocarbonyl (C=S) groups is 1. The largest absolute Gasteiger partial charge is 0.385 e. The first-order valence-electron chi connectivity index (χ1n) is 5.41. The molecule has 0 saturated carbocycles. The molecule has 0 bridgehead atoms. The van der Waals surface area contributed by atoms with Crippen molar-refractivity contribution in [3.05, 3.63) is 29.9 Å². The monoisotopic (exact) mass is 235 g/mol. The smallest absolute Gasteiger partial charge is 0.131 e. The Morgan fingerprint density at radius 2 is 2.19 bits per heavy atom. The number of hydrogen-bond donors (Lipinski definition) is 1. The third-order valence-corrected chi connectivity index (χ3v) is 2.68. The molecule has 3 nitrogen and oxygen atoms in total. The zero-order chi connectivity index (χ0) is 12.0. The van der Waals surface area contributed by atoms with E-state index in [4.69, 9.17) is 18.0 Å². The van der Waals surface area contributed by atoms with Crippen LogP contribution in [0.4, 0.5) is 0 Å². The third-order valence-electron chi connectivity index (χ3n) is 2.45. The van der Waals surface area contributed by atoms with Gasteiger partial charge in [0.2, 0.25) is 0 Å². The molecule has 16 heavy (non-hydrogen) atoms. The molecule has 0 amide bonds. The van der Waals surface area contributed by atoms with E-state index in [2.05, 4.69) is 10.1 Å². The number of nitrogens with two attached hydrogens (primary N) is 1. The minimum Gasteiger partial charge on any atom is -0.385 e. The normalized spacial score (nSPS) is 19.8. The highest BCUT2D eigenvalue weighted by Crippen LogP contribution is 2.16. The number of hydrogen-bond acceptors (Lipinski definition) is 3. The van der Waals surface area contributed by atoms with Gasteiger partial charge < -0.3 is 5.73 Å². The lowest BCUT2D eigenvalue weighted by atomic mass is 9.95. The molecule has 0 saturated heterocycles. The number of nitrogens with zero attached hydrogens (tertiary/aromatic N) is 2. The quantitative estimate of drug-likeness (QED) is 0.350. The van der Waals surface area contributed by atoms with Gasteiger partial charge >= 0.3 is 0 Å². The van der Waals surface area contributed by atoms with Crippen LogP contribution in [0.2, 0.25) is 0 Å². The van der Waals surface area contributed by atoms with E-state index in [1.807, 2.05) is 43.2 Å². The lowest BCUT2D eigenvalue weighted by Gasteiger charge is -2.19. The Hall–Kier alpha value is -1.38. The predicted octanol–water partition coefficient (Wildman–Crippen LogP) is 1.87. The molecular weight excluding hydrogens is 218 g/mol. The van der Waals surface area contributed by atoms with Gasteiger partial charge in [-0.3, -0.25) is 5.01 Å². The second-order valence-corrected chi connectivity index (χ2v) is 3.65. The summed E-state index contributed by atoms with van der Waals surface area (Å²) in [6, 6.07) is 0. The van der Waals surface area contributed by atoms with Gasteiger partial charge in [-0.2, -0.15) is 5.10 Å². The van der Waals surface area contributed by atoms with Crippen molar-refractivity contribution >= 4 is 23.1 Å². The molecule has 0 spiro atoms. The van der Waals surface area contributed by atoms with E-state index in [9.17, 15) is 0 Å². The average Bonchev–Trinajstić information content (AvgIpc) is 2.35. The molecule has 4 heteroatoms. The molecule has 1 atom stereocenters. The summed E-state index contributed by atoms with van der Waals surface area (Å²) < 4.78 is 0. The Morgan fingerprint density at radius 1 is 1.50 bits per heavy atom. The number of hydrazone groups is 1. The maximum absolute atomic E-state index is 5.98. The minimum absolute atomic E-state index is 0.0388. The van der Waals surface area contributed by atoms with Gasteiger partial charge in [-0.05, 0) is 37.2 Å². The highest BCUT2D eigenvalue weighted by Gasteiger charge is 2.16. The fraction of sp³-hybridized carbons (Fsp3) is 0.417. The summed E-state index contributed by atoms with van der Waals surface area (Å²) in [6.45, 7) is 5.79. The van der Waals surface area contributed by atoms with Crippen molar-refractivity contribution in [2.24, 2.45) is 16.8 Å². The van der Waals surface area contributed by atoms with E-state index in [1.165, 1.54) is 0 Å². The van der Waals surface area contributed by atoms with E-state index < -0.39 is 0 Å². The van der Waals surface area contributed by atoms with Crippen LogP contribution < -0.4 is 5.73 Å². The first kappa shape index (κ1) is 12.7. The SMILES string of the molecule is CCN(CC)/N=C(\N)C1C=CC=CC1=C=S. The summed E-state index contributed by atoms with van der Waals surface area (Å²) in [5, 5.41) is 9.02. The van der Waals surface area contributed by atoms with Gasteiger partial charge in [-0.1, -0.05) is 18.2 Å². The molecule has 0 aliphatic heterocycles. The fourth-order valence-electron chi connectivity index (χ4n) is 1.49. The molecule has 1 rings (SSSR count). The van der Waals surface area contributed by atoms with Gasteiger partial charge in [0.15, 0.2) is 0 Å². The zero-order valence-corrected chi connectivity index (χ0v) is 10.5. The number of allylic oxidation sites excluding steroid dienone is 3. The van der Waals surface area contributed by atoms with E-state index in [0.717, 1.165) is 18.7 Å². The summed E-state index contributed by atoms with van der Waals surface area (Å²) >= 11 is 4.84. The topological polar surface area (TPSA) is 41.6 Å². The zero-order valence-electron chi connectivity index (χ0n) is 9.68. The van der Waals surface area contributed by atoms with Gasteiger partial charge in [0, 0.05) is 18.7 Å². The van der Waals surface area contributed by atoms with Crippen LogP contribution in [0.5, 0.6) is 0 Å². The van der Waals surface area contributed by atoms with Crippen LogP contribution in [0, 0.1) is 5.92 Å². The third kappa shape index (κ3) is 3.05. The minimum atomic E-state index is -0.0388. The Labute approximate surface area is 102 Å². The second kappa shape index (κ2) is 6.26. The molecule has 0 fully saturated rings. The van der Waals surface area contributed by atoms with Crippen molar-refractivity contribution in [3.8, 4) is 0 Å². The van der Waals surface area contributed by atoms with Crippen molar-refractivity contribution < 1.29 is 0 Å². The number of rotatable bonds is 4. The van der Waals surface area contributed by atoms with Gasteiger partial charge in [-0.25, -0.2) is 0 Å². The van der Waals surface area contributed by atoms with Crippen LogP contribution in [-0.2, 0) is 0 Å². The Bertz CT molecular complexity index is 372. The van der Waals surface area contributed by atoms with Crippen molar-refractivity contribution in [1.82, 2.24) is 5.01 Å². The number of amidine groups is 1. The van der Waals surface area contributed by atoms with Crippen LogP contribution in [0.25, 0.3) is 0 Å². The van der Waals surface area contributed by atoms with Crippen LogP contribution in [-0.4, -0.2) is 29.0 Å². The molecule has 86 valence electrons. The lowest BCUT2D eigenvalue weighted by Crippen LogP contribution is -2.29. The van der Waals surface area contributed by atoms with Gasteiger partial charge in [0.25, 0.3) is 0 Å². The molecule has 1 unspecified atom stereocenters. The van der Waals surface area contributed by atoms with Crippen LogP contribution in [0.1, 0.15) is 13.8 Å². The van der Waals surface area contributed by atoms with Crippen LogP contribution in [0.3, 0.4) is 0 Å². The maximum atomic E-state index is 5.98. The Morgan fingerprint density at radius 3 is 2.75 bits per heavy atom. The lowest BCUT2D eigenvalue weighted by molar-refractivity contribution is 0.319. The van der Waals surface area contributed by atoms with E-state index in [0.29, 0.717) is 5.84 Å². The highest BCUT2D eigenvalue weighted by atomic mass is 32.1. The molecule has 0 aromatic rings. The molecule has 0 aromatic carbocycles. The molecule has 0 radical (unpaired) electrons. The van der Waals surface area contributed by atoms with Gasteiger partial charge in [0.05, 0.1) is 5.92 Å². The Balaban J connectivity index is 2.88. The van der Waals surface area contributed by atoms with Crippen molar-refractivity contribution in [2.75, 3.05) is 13.1 Å². The second-order valence-electron chi connectivity index (χ2n) is 3.44. The standard InChI is InChI=1S/C12H17N3S/c1-3-15(4-2)14-12(13)11-8-6-5-7-10(11)9-16/h5-8,11H,3-4H2,1-2H3,(H2,13,14). The van der Waals surface area contributed by atoms with Crippen molar-refractivity contribution in [1.29, 1.82) is 0 Å². The summed E-state index contributed by atoms with van der Waals surface area (Å²) in [5.41, 5.74) is 6.88. The van der Waals surface area contributed by atoms with Gasteiger partial charge in [-0.15, -0.1) is 0 Å². The Kier molecular flexibility index (Phi) is 4.96. The summed E-state index contributed by atoms with van der Waals surface area (Å²) in [4.78, 5) is 0. The van der Waals surface area contributed by atoms with Crippen LogP contribution in [0.15, 0.2) is 35.0 Å². The highest BCUT2D eigenvalue weighted by molar-refractivity contribution is 7.78. The molecule has 2 N–H and O–H groups in total. The first-order valence-corrected chi connectivity index (χ1v) is 5.82. The predicted molar refractivity (Wildman–Crippen MR) is 72.4 cm³/mol. The molecule has 0 heterocycles. The van der Waals surface area contributed by atoms with E-state index in [-0.39, 0.29) is 5.92 Å². The fourth-order valence-corrected chi connectivity index (χ4v) is 1.68. The molecule has 1 aliphatic rings. The van der Waals surface area contributed by atoms with E-state index in [1.54, 1.807) is 0 Å². The first-order chi connectivity index (χ1) is 7.72. The molecular formula is C12H17N3S. The maximum Gasteiger partial charge on any atom is 0.131 e. The van der Waals surface area contributed by atoms with E-state index >= 15 is 0 Å². The van der Waals surface area contributed by atoms with Gasteiger partial charge in [0.1, 0.15) is 5.84 Å². The molecule has 1 aliphatic carbocycles.